The van der Waals surface area contributed by atoms with Crippen LogP contribution >= 0.6 is 15.9 Å². The van der Waals surface area contributed by atoms with Gasteiger partial charge in [-0.15, -0.1) is 0 Å². The predicted octanol–water partition coefficient (Wildman–Crippen LogP) is 1.63. The number of carbonyl (C=O) groups is 1. The third kappa shape index (κ3) is 4.72. The Morgan fingerprint density at radius 2 is 2.09 bits per heavy atom. The molecular weight excluding hydrogens is 224 g/mol. The smallest absolute Gasteiger partial charge is 0.404 e. The van der Waals surface area contributed by atoms with E-state index in [0.29, 0.717) is 0 Å². The highest BCUT2D eigenvalue weighted by atomic mass is 79.9. The summed E-state index contributed by atoms with van der Waals surface area (Å²) in [6.07, 6.45) is -2.92. The summed E-state index contributed by atoms with van der Waals surface area (Å²) in [5.74, 6) is 0. The normalized spacial score (nSPS) is 9.00. The second-order valence-corrected chi connectivity index (χ2v) is 2.17. The first kappa shape index (κ1) is 10.3. The fourth-order valence-electron chi connectivity index (χ4n) is 0.302. The summed E-state index contributed by atoms with van der Waals surface area (Å²) in [7, 11) is 0. The Labute approximate surface area is 70.3 Å². The van der Waals surface area contributed by atoms with E-state index in [1.165, 1.54) is 0 Å². The third-order valence-corrected chi connectivity index (χ3v) is 1.49. The minimum atomic E-state index is -1.86. The maximum atomic E-state index is 11.8. The first-order valence-electron chi connectivity index (χ1n) is 2.59. The number of amides is 1. The Balaban J connectivity index is 3.91. The van der Waals surface area contributed by atoms with Crippen molar-refractivity contribution in [1.29, 1.82) is 0 Å². The van der Waals surface area contributed by atoms with Crippen LogP contribution in [0.4, 0.5) is 13.6 Å². The lowest BCUT2D eigenvalue weighted by molar-refractivity contribution is 0.165. The number of nitrogens with two attached hydrogens (primary N) is 1. The largest absolute Gasteiger partial charge is 0.445 e. The van der Waals surface area contributed by atoms with Gasteiger partial charge in [0, 0.05) is 10.9 Å². The topological polar surface area (TPSA) is 52.3 Å². The van der Waals surface area contributed by atoms with Gasteiger partial charge in [0.15, 0.2) is 0 Å². The van der Waals surface area contributed by atoms with Gasteiger partial charge in [-0.2, -0.15) is 8.78 Å². The van der Waals surface area contributed by atoms with Crippen molar-refractivity contribution in [3.8, 4) is 0 Å². The van der Waals surface area contributed by atoms with Crippen LogP contribution in [0, 0.1) is 0 Å². The molecule has 0 aliphatic heterocycles. The molecule has 0 radical (unpaired) electrons. The van der Waals surface area contributed by atoms with Crippen LogP contribution in [-0.2, 0) is 4.74 Å². The van der Waals surface area contributed by atoms with Gasteiger partial charge in [-0.25, -0.2) is 4.79 Å². The van der Waals surface area contributed by atoms with Gasteiger partial charge >= 0.3 is 6.09 Å². The Bertz CT molecular complexity index is 179. The number of carbonyl (C=O) groups excluding carboxylic acids is 1. The molecule has 0 aliphatic carbocycles. The van der Waals surface area contributed by atoms with Crippen molar-refractivity contribution in [3.63, 3.8) is 0 Å². The molecule has 0 unspecified atom stereocenters. The van der Waals surface area contributed by atoms with Crippen LogP contribution in [0.1, 0.15) is 0 Å². The number of hydrogen-bond donors (Lipinski definition) is 1. The molecule has 2 N–H and O–H groups in total. The highest BCUT2D eigenvalue weighted by Crippen LogP contribution is 2.10. The molecule has 0 rings (SSSR count). The highest BCUT2D eigenvalue weighted by Gasteiger charge is 2.06. The van der Waals surface area contributed by atoms with E-state index < -0.39 is 18.8 Å². The Hall–Kier alpha value is -0.650. The van der Waals surface area contributed by atoms with Gasteiger partial charge in [0.05, 0.1) is 0 Å². The van der Waals surface area contributed by atoms with Gasteiger partial charge in [-0.1, -0.05) is 15.9 Å². The molecule has 0 aromatic carbocycles. The number of rotatable bonds is 3. The van der Waals surface area contributed by atoms with Crippen LogP contribution in [0.15, 0.2) is 11.7 Å². The third-order valence-electron chi connectivity index (χ3n) is 0.817. The second kappa shape index (κ2) is 5.06. The molecule has 6 heteroatoms. The first-order chi connectivity index (χ1) is 5.07. The van der Waals surface area contributed by atoms with Crippen molar-refractivity contribution in [1.82, 2.24) is 0 Å². The molecule has 0 aromatic heterocycles. The minimum Gasteiger partial charge on any atom is -0.445 e. The van der Waals surface area contributed by atoms with Gasteiger partial charge in [-0.3, -0.25) is 0 Å². The quantitative estimate of drug-likeness (QED) is 0.749. The van der Waals surface area contributed by atoms with E-state index in [9.17, 15) is 13.6 Å². The van der Waals surface area contributed by atoms with E-state index in [2.05, 4.69) is 26.4 Å². The summed E-state index contributed by atoms with van der Waals surface area (Å²) < 4.78 is 27.7. The number of ether oxygens (including phenoxy) is 1. The summed E-state index contributed by atoms with van der Waals surface area (Å²) in [4.78, 5) is 9.96. The highest BCUT2D eigenvalue weighted by molar-refractivity contribution is 9.09. The van der Waals surface area contributed by atoms with Crippen LogP contribution in [0.3, 0.4) is 0 Å². The molecule has 0 atom stereocenters. The zero-order chi connectivity index (χ0) is 8.85. The average molecular weight is 230 g/mol. The van der Waals surface area contributed by atoms with Crippen LogP contribution in [-0.4, -0.2) is 18.0 Å². The van der Waals surface area contributed by atoms with Crippen LogP contribution < -0.4 is 5.73 Å². The van der Waals surface area contributed by atoms with Crippen molar-refractivity contribution >= 4 is 22.0 Å². The number of hydrogen-bond acceptors (Lipinski definition) is 2. The molecule has 0 spiro atoms. The molecule has 0 fully saturated rings. The zero-order valence-corrected chi connectivity index (χ0v) is 7.03. The van der Waals surface area contributed by atoms with Gasteiger partial charge < -0.3 is 10.5 Å². The summed E-state index contributed by atoms with van der Waals surface area (Å²) in [6.45, 7) is -0.469. The van der Waals surface area contributed by atoms with Crippen LogP contribution in [0.25, 0.3) is 0 Å². The van der Waals surface area contributed by atoms with Crippen molar-refractivity contribution in [2.24, 2.45) is 5.73 Å². The Kier molecular flexibility index (Phi) is 4.76. The van der Waals surface area contributed by atoms with Crippen molar-refractivity contribution in [2.75, 3.05) is 11.9 Å². The zero-order valence-electron chi connectivity index (χ0n) is 5.44. The molecule has 0 aliphatic rings. The Morgan fingerprint density at radius 3 is 2.36 bits per heavy atom. The van der Waals surface area contributed by atoms with Gasteiger partial charge in [0.1, 0.15) is 6.61 Å². The SMILES string of the molecule is NC(=O)OCC(CBr)=C(F)F. The van der Waals surface area contributed by atoms with E-state index in [1.54, 1.807) is 0 Å². The van der Waals surface area contributed by atoms with E-state index in [-0.39, 0.29) is 10.9 Å². The maximum Gasteiger partial charge on any atom is 0.404 e. The molecule has 0 aromatic rings. The summed E-state index contributed by atoms with van der Waals surface area (Å²) in [6, 6.07) is 0. The molecular formula is C5H6BrF2NO2. The van der Waals surface area contributed by atoms with Gasteiger partial charge in [0.2, 0.25) is 0 Å². The van der Waals surface area contributed by atoms with Crippen LogP contribution in [0.5, 0.6) is 0 Å². The van der Waals surface area contributed by atoms with Gasteiger partial charge in [-0.05, 0) is 0 Å². The minimum absolute atomic E-state index is 0.0391. The molecule has 3 nitrogen and oxygen atoms in total. The lowest BCUT2D eigenvalue weighted by Crippen LogP contribution is -2.15. The summed E-state index contributed by atoms with van der Waals surface area (Å²) >= 11 is 2.80. The molecule has 1 amide bonds. The molecule has 11 heavy (non-hydrogen) atoms. The van der Waals surface area contributed by atoms with Crippen molar-refractivity contribution in [2.45, 2.75) is 0 Å². The summed E-state index contributed by atoms with van der Waals surface area (Å²) in [5, 5.41) is -0.0391. The van der Waals surface area contributed by atoms with Crippen molar-refractivity contribution < 1.29 is 18.3 Å². The van der Waals surface area contributed by atoms with E-state index in [4.69, 9.17) is 0 Å². The monoisotopic (exact) mass is 229 g/mol. The van der Waals surface area contributed by atoms with E-state index in [1.807, 2.05) is 0 Å². The maximum absolute atomic E-state index is 11.8. The second-order valence-electron chi connectivity index (χ2n) is 1.61. The number of alkyl halides is 1. The molecule has 0 saturated heterocycles. The van der Waals surface area contributed by atoms with E-state index >= 15 is 0 Å². The first-order valence-corrected chi connectivity index (χ1v) is 3.71. The molecule has 0 saturated carbocycles. The lowest BCUT2D eigenvalue weighted by atomic mass is 10.4. The molecule has 0 bridgehead atoms. The van der Waals surface area contributed by atoms with Gasteiger partial charge in [0.25, 0.3) is 6.08 Å². The fourth-order valence-corrected chi connectivity index (χ4v) is 0.676. The fraction of sp³-hybridized carbons (Fsp3) is 0.400. The van der Waals surface area contributed by atoms with E-state index in [0.717, 1.165) is 0 Å². The standard InChI is InChI=1S/C5H6BrF2NO2/c6-1-3(4(7)8)2-11-5(9)10/h1-2H2,(H2,9,10). The Morgan fingerprint density at radius 1 is 1.55 bits per heavy atom. The number of primary amides is 1. The summed E-state index contributed by atoms with van der Waals surface area (Å²) in [5.41, 5.74) is 4.26. The van der Waals surface area contributed by atoms with Crippen molar-refractivity contribution in [3.05, 3.63) is 11.7 Å². The number of halogens is 3. The molecule has 0 heterocycles. The average Bonchev–Trinajstić information content (AvgIpc) is 1.87. The van der Waals surface area contributed by atoms with Crippen LogP contribution in [0.2, 0.25) is 0 Å². The lowest BCUT2D eigenvalue weighted by Gasteiger charge is -2.01. The predicted molar refractivity (Wildman–Crippen MR) is 38.6 cm³/mol. The molecule has 64 valence electrons.